The van der Waals surface area contributed by atoms with E-state index in [1.54, 1.807) is 0 Å². The maximum Gasteiger partial charge on any atom is 0.321 e. The van der Waals surface area contributed by atoms with Gasteiger partial charge in [-0.2, -0.15) is 4.98 Å². The molecule has 1 unspecified atom stereocenters. The van der Waals surface area contributed by atoms with Crippen molar-refractivity contribution in [3.8, 4) is 11.5 Å². The number of ether oxygens (including phenoxy) is 2. The molecule has 3 heterocycles. The number of hydrogen-bond acceptors (Lipinski definition) is 6. The van der Waals surface area contributed by atoms with E-state index in [-0.39, 0.29) is 11.4 Å². The van der Waals surface area contributed by atoms with Crippen LogP contribution in [0, 0.1) is 12.3 Å². The number of carbonyl (C=O) groups excluding carboxylic acids is 1. The normalized spacial score (nSPS) is 22.6. The van der Waals surface area contributed by atoms with Gasteiger partial charge in [-0.05, 0) is 36.8 Å². The zero-order chi connectivity index (χ0) is 18.4. The third kappa shape index (κ3) is 2.98. The third-order valence-corrected chi connectivity index (χ3v) is 5.88. The van der Waals surface area contributed by atoms with E-state index in [1.807, 2.05) is 30.0 Å². The summed E-state index contributed by atoms with van der Waals surface area (Å²) in [4.78, 5) is 18.9. The standard InChI is InChI=1S/C19H22N4O4/c1-12-20-17(22-27-12)14-11-19(14)4-6-23(7-5-19)18(24)21-13-2-3-15-16(10-13)26-9-8-25-15/h2-3,10,14H,4-9,11H2,1H3,(H,21,24). The van der Waals surface area contributed by atoms with Crippen LogP contribution in [0.1, 0.15) is 36.9 Å². The number of carbonyl (C=O) groups is 1. The molecule has 1 aromatic carbocycles. The molecular formula is C19H22N4O4. The summed E-state index contributed by atoms with van der Waals surface area (Å²) in [5.41, 5.74) is 0.959. The van der Waals surface area contributed by atoms with Gasteiger partial charge < -0.3 is 24.2 Å². The quantitative estimate of drug-likeness (QED) is 0.874. The maximum atomic E-state index is 12.6. The van der Waals surface area contributed by atoms with Crippen molar-refractivity contribution in [2.24, 2.45) is 5.41 Å². The molecule has 2 amide bonds. The largest absolute Gasteiger partial charge is 0.486 e. The Morgan fingerprint density at radius 3 is 2.74 bits per heavy atom. The van der Waals surface area contributed by atoms with Crippen LogP contribution in [-0.4, -0.2) is 47.4 Å². The van der Waals surface area contributed by atoms with Gasteiger partial charge in [-0.15, -0.1) is 0 Å². The molecule has 2 aromatic rings. The molecule has 3 aliphatic rings. The number of aryl methyl sites for hydroxylation is 1. The Hall–Kier alpha value is -2.77. The molecule has 1 aliphatic carbocycles. The number of aromatic nitrogens is 2. The van der Waals surface area contributed by atoms with E-state index in [1.165, 1.54) is 0 Å². The van der Waals surface area contributed by atoms with E-state index in [0.29, 0.717) is 30.8 Å². The van der Waals surface area contributed by atoms with Crippen molar-refractivity contribution in [1.82, 2.24) is 15.0 Å². The van der Waals surface area contributed by atoms with Crippen molar-refractivity contribution in [2.45, 2.75) is 32.1 Å². The van der Waals surface area contributed by atoms with Crippen molar-refractivity contribution >= 4 is 11.7 Å². The first-order valence-corrected chi connectivity index (χ1v) is 9.39. The molecule has 0 bridgehead atoms. The summed E-state index contributed by atoms with van der Waals surface area (Å²) in [7, 11) is 0. The van der Waals surface area contributed by atoms with Crippen LogP contribution >= 0.6 is 0 Å². The summed E-state index contributed by atoms with van der Waals surface area (Å²) in [6.45, 7) is 4.38. The third-order valence-electron chi connectivity index (χ3n) is 5.88. The van der Waals surface area contributed by atoms with Crippen LogP contribution in [0.25, 0.3) is 0 Å². The highest BCUT2D eigenvalue weighted by Gasteiger charge is 2.57. The summed E-state index contributed by atoms with van der Waals surface area (Å²) >= 11 is 0. The van der Waals surface area contributed by atoms with Crippen molar-refractivity contribution in [2.75, 3.05) is 31.6 Å². The lowest BCUT2D eigenvalue weighted by Crippen LogP contribution is -2.41. The van der Waals surface area contributed by atoms with E-state index in [4.69, 9.17) is 14.0 Å². The van der Waals surface area contributed by atoms with Crippen LogP contribution < -0.4 is 14.8 Å². The maximum absolute atomic E-state index is 12.6. The van der Waals surface area contributed by atoms with Crippen LogP contribution in [-0.2, 0) is 0 Å². The number of anilines is 1. The van der Waals surface area contributed by atoms with Gasteiger partial charge >= 0.3 is 6.03 Å². The summed E-state index contributed by atoms with van der Waals surface area (Å²) in [5, 5.41) is 7.04. The molecule has 0 radical (unpaired) electrons. The number of nitrogens with zero attached hydrogens (tertiary/aromatic N) is 3. The van der Waals surface area contributed by atoms with Gasteiger partial charge in [0.1, 0.15) is 13.2 Å². The number of amides is 2. The number of likely N-dealkylation sites (tertiary alicyclic amines) is 1. The first-order valence-electron chi connectivity index (χ1n) is 9.39. The van der Waals surface area contributed by atoms with Crippen LogP contribution in [0.4, 0.5) is 10.5 Å². The molecule has 2 fully saturated rings. The summed E-state index contributed by atoms with van der Waals surface area (Å²) in [5.74, 6) is 3.20. The molecule has 8 nitrogen and oxygen atoms in total. The van der Waals surface area contributed by atoms with Crippen molar-refractivity contribution < 1.29 is 18.8 Å². The Labute approximate surface area is 156 Å². The number of hydrogen-bond donors (Lipinski definition) is 1. The molecule has 5 rings (SSSR count). The molecule has 1 saturated heterocycles. The average Bonchev–Trinajstić information content (AvgIpc) is 3.20. The van der Waals surface area contributed by atoms with Gasteiger partial charge in [0.25, 0.3) is 0 Å². The highest BCUT2D eigenvalue weighted by Crippen LogP contribution is 2.64. The Morgan fingerprint density at radius 1 is 1.22 bits per heavy atom. The minimum Gasteiger partial charge on any atom is -0.486 e. The van der Waals surface area contributed by atoms with Crippen molar-refractivity contribution in [3.63, 3.8) is 0 Å². The molecule has 1 atom stereocenters. The van der Waals surface area contributed by atoms with Crippen molar-refractivity contribution in [3.05, 3.63) is 29.9 Å². The van der Waals surface area contributed by atoms with Crippen LogP contribution in [0.5, 0.6) is 11.5 Å². The van der Waals surface area contributed by atoms with E-state index in [9.17, 15) is 4.79 Å². The number of nitrogens with one attached hydrogen (secondary N) is 1. The fourth-order valence-electron chi connectivity index (χ4n) is 4.20. The van der Waals surface area contributed by atoms with Gasteiger partial charge in [-0.3, -0.25) is 0 Å². The summed E-state index contributed by atoms with van der Waals surface area (Å²) < 4.78 is 16.2. The minimum absolute atomic E-state index is 0.0749. The first-order chi connectivity index (χ1) is 13.1. The highest BCUT2D eigenvalue weighted by atomic mass is 16.6. The van der Waals surface area contributed by atoms with Gasteiger partial charge in [0.15, 0.2) is 17.3 Å². The lowest BCUT2D eigenvalue weighted by Gasteiger charge is -2.32. The minimum atomic E-state index is -0.0749. The van der Waals surface area contributed by atoms with Gasteiger partial charge in [0.05, 0.1) is 0 Å². The predicted molar refractivity (Wildman–Crippen MR) is 96.1 cm³/mol. The van der Waals surface area contributed by atoms with E-state index in [2.05, 4.69) is 15.5 Å². The molecule has 1 spiro atoms. The van der Waals surface area contributed by atoms with Crippen molar-refractivity contribution in [1.29, 1.82) is 0 Å². The second-order valence-corrected chi connectivity index (χ2v) is 7.57. The molecule has 1 aromatic heterocycles. The molecule has 8 heteroatoms. The second kappa shape index (κ2) is 6.14. The average molecular weight is 370 g/mol. The van der Waals surface area contributed by atoms with E-state index >= 15 is 0 Å². The molecule has 1 N–H and O–H groups in total. The first kappa shape index (κ1) is 16.4. The Kier molecular flexibility index (Phi) is 3.73. The summed E-state index contributed by atoms with van der Waals surface area (Å²) in [6, 6.07) is 5.41. The predicted octanol–water partition coefficient (Wildman–Crippen LogP) is 2.95. The Balaban J connectivity index is 1.18. The second-order valence-electron chi connectivity index (χ2n) is 7.57. The lowest BCUT2D eigenvalue weighted by molar-refractivity contribution is 0.171. The zero-order valence-corrected chi connectivity index (χ0v) is 15.2. The molecule has 1 saturated carbocycles. The number of fused-ring (bicyclic) bond motifs is 1. The fraction of sp³-hybridized carbons (Fsp3) is 0.526. The molecular weight excluding hydrogens is 348 g/mol. The molecule has 142 valence electrons. The van der Waals surface area contributed by atoms with Gasteiger partial charge in [0.2, 0.25) is 5.89 Å². The highest BCUT2D eigenvalue weighted by molar-refractivity contribution is 5.89. The Bertz CT molecular complexity index is 872. The Morgan fingerprint density at radius 2 is 2.00 bits per heavy atom. The summed E-state index contributed by atoms with van der Waals surface area (Å²) in [6.07, 6.45) is 3.03. The van der Waals surface area contributed by atoms with Gasteiger partial charge in [0, 0.05) is 37.7 Å². The van der Waals surface area contributed by atoms with Crippen LogP contribution in [0.2, 0.25) is 0 Å². The number of urea groups is 1. The van der Waals surface area contributed by atoms with Crippen LogP contribution in [0.3, 0.4) is 0 Å². The topological polar surface area (TPSA) is 89.7 Å². The fourth-order valence-corrected chi connectivity index (χ4v) is 4.20. The smallest absolute Gasteiger partial charge is 0.321 e. The number of rotatable bonds is 2. The SMILES string of the molecule is Cc1nc(C2CC23CCN(C(=O)Nc2ccc4c(c2)OCCO4)CC3)no1. The molecule has 27 heavy (non-hydrogen) atoms. The number of benzene rings is 1. The monoisotopic (exact) mass is 370 g/mol. The zero-order valence-electron chi connectivity index (χ0n) is 15.2. The van der Waals surface area contributed by atoms with E-state index in [0.717, 1.165) is 49.6 Å². The van der Waals surface area contributed by atoms with Gasteiger partial charge in [-0.25, -0.2) is 4.79 Å². The van der Waals surface area contributed by atoms with E-state index < -0.39 is 0 Å². The van der Waals surface area contributed by atoms with Crippen LogP contribution in [0.15, 0.2) is 22.7 Å². The lowest BCUT2D eigenvalue weighted by atomic mass is 9.91. The molecule has 2 aliphatic heterocycles. The van der Waals surface area contributed by atoms with Gasteiger partial charge in [-0.1, -0.05) is 5.16 Å². The number of piperidine rings is 1.